The summed E-state index contributed by atoms with van der Waals surface area (Å²) in [6, 6.07) is 0. The fourth-order valence-corrected chi connectivity index (χ4v) is 7.82. The molecule has 2 N–H and O–H groups in total. The van der Waals surface area contributed by atoms with Gasteiger partial charge in [-0.25, -0.2) is 15.0 Å². The molecule has 3 fully saturated rings. The van der Waals surface area contributed by atoms with Crippen LogP contribution in [0.4, 0.5) is 0 Å². The number of hydrogen-bond donors (Lipinski definition) is 2. The number of nitrogens with one attached hydrogen (secondary N) is 1. The highest BCUT2D eigenvalue weighted by Gasteiger charge is 2.55. The summed E-state index contributed by atoms with van der Waals surface area (Å²) in [5.41, 5.74) is 13.9. The summed E-state index contributed by atoms with van der Waals surface area (Å²) >= 11 is 0. The zero-order valence-electron chi connectivity index (χ0n) is 27.1. The Balaban J connectivity index is 1.50. The molecule has 1 saturated carbocycles. The number of aliphatic imine (C=N–C) groups is 3. The predicted molar refractivity (Wildman–Crippen MR) is 174 cm³/mol. The lowest BCUT2D eigenvalue weighted by Gasteiger charge is -2.23. The Morgan fingerprint density at radius 1 is 1.04 bits per heavy atom. The van der Waals surface area contributed by atoms with Crippen molar-refractivity contribution >= 4 is 23.1 Å². The van der Waals surface area contributed by atoms with Crippen molar-refractivity contribution in [1.29, 1.82) is 0 Å². The number of esters is 1. The van der Waals surface area contributed by atoms with Gasteiger partial charge in [0.15, 0.2) is 0 Å². The number of methoxy groups -OCH3 is 1. The van der Waals surface area contributed by atoms with E-state index in [1.54, 1.807) is 6.92 Å². The number of ether oxygens (including phenoxy) is 3. The zero-order chi connectivity index (χ0) is 31.8. The summed E-state index contributed by atoms with van der Waals surface area (Å²) in [7, 11) is 1.43. The first-order chi connectivity index (χ1) is 21.6. The van der Waals surface area contributed by atoms with Crippen molar-refractivity contribution in [2.24, 2.45) is 26.8 Å². The summed E-state index contributed by atoms with van der Waals surface area (Å²) in [6.45, 7) is 13.2. The molecule has 0 unspecified atom stereocenters. The number of aliphatic hydroxyl groups is 1. The van der Waals surface area contributed by atoms with E-state index < -0.39 is 5.79 Å². The van der Waals surface area contributed by atoms with E-state index in [1.807, 2.05) is 13.0 Å². The predicted octanol–water partition coefficient (Wildman–Crippen LogP) is 6.37. The smallest absolute Gasteiger partial charge is 0.305 e. The van der Waals surface area contributed by atoms with E-state index in [-0.39, 0.29) is 23.6 Å². The van der Waals surface area contributed by atoms with Gasteiger partial charge in [0.1, 0.15) is 0 Å². The normalized spacial score (nSPS) is 27.6. The van der Waals surface area contributed by atoms with E-state index >= 15 is 0 Å². The molecule has 0 radical (unpaired) electrons. The van der Waals surface area contributed by atoms with E-state index in [4.69, 9.17) is 29.2 Å². The second-order valence-corrected chi connectivity index (χ2v) is 12.7. The first-order valence-corrected chi connectivity index (χ1v) is 15.9. The van der Waals surface area contributed by atoms with Gasteiger partial charge in [-0.1, -0.05) is 13.8 Å². The summed E-state index contributed by atoms with van der Waals surface area (Å²) in [5, 5.41) is 14.6. The van der Waals surface area contributed by atoms with Crippen molar-refractivity contribution in [3.63, 3.8) is 0 Å². The summed E-state index contributed by atoms with van der Waals surface area (Å²) in [5.74, 6) is -0.838. The van der Waals surface area contributed by atoms with Crippen LogP contribution in [0.25, 0.3) is 0 Å². The average molecular weight is 609 g/mol. The average Bonchev–Trinajstić information content (AvgIpc) is 3.83. The molecule has 8 bridgehead atoms. The van der Waals surface area contributed by atoms with Gasteiger partial charge in [0, 0.05) is 52.8 Å². The lowest BCUT2D eigenvalue weighted by Crippen LogP contribution is -2.29. The molecular weight excluding hydrogens is 568 g/mol. The molecule has 9 nitrogen and oxygen atoms in total. The molecule has 0 aromatic carbocycles. The van der Waals surface area contributed by atoms with Crippen LogP contribution in [0, 0.1) is 11.8 Å². The third-order valence-corrected chi connectivity index (χ3v) is 10.2. The summed E-state index contributed by atoms with van der Waals surface area (Å²) in [4.78, 5) is 27.7. The molecule has 7 rings (SSSR count). The molecule has 2 saturated heterocycles. The van der Waals surface area contributed by atoms with Crippen LogP contribution in [0.2, 0.25) is 0 Å². The Hall–Kier alpha value is -4.08. The van der Waals surface area contributed by atoms with Gasteiger partial charge in [-0.3, -0.25) is 4.79 Å². The van der Waals surface area contributed by atoms with Crippen molar-refractivity contribution in [2.75, 3.05) is 20.3 Å². The van der Waals surface area contributed by atoms with E-state index in [9.17, 15) is 9.90 Å². The molecule has 1 aliphatic carbocycles. The van der Waals surface area contributed by atoms with Crippen LogP contribution in [0.1, 0.15) is 67.2 Å². The summed E-state index contributed by atoms with van der Waals surface area (Å²) in [6.07, 6.45) is 8.41. The molecule has 7 aliphatic rings. The number of carbonyl (C=O) groups is 1. The van der Waals surface area contributed by atoms with Gasteiger partial charge in [0.05, 0.1) is 60.3 Å². The van der Waals surface area contributed by atoms with E-state index in [0.29, 0.717) is 38.2 Å². The van der Waals surface area contributed by atoms with Gasteiger partial charge < -0.3 is 24.6 Å². The molecule has 6 aliphatic heterocycles. The Labute approximate surface area is 263 Å². The first-order valence-electron chi connectivity index (χ1n) is 15.9. The van der Waals surface area contributed by atoms with Crippen molar-refractivity contribution in [3.05, 3.63) is 91.5 Å². The van der Waals surface area contributed by atoms with Crippen molar-refractivity contribution in [3.8, 4) is 0 Å². The van der Waals surface area contributed by atoms with Crippen molar-refractivity contribution in [2.45, 2.75) is 73.0 Å². The Morgan fingerprint density at radius 2 is 1.76 bits per heavy atom. The molecule has 6 heterocycles. The number of allylic oxidation sites excluding steroid dienone is 11. The molecule has 0 aromatic rings. The Kier molecular flexibility index (Phi) is 7.09. The number of hydrogen-bond acceptors (Lipinski definition) is 9. The van der Waals surface area contributed by atoms with Gasteiger partial charge in [0.25, 0.3) is 0 Å². The molecule has 2 atom stereocenters. The highest BCUT2D eigenvalue weighted by Crippen LogP contribution is 2.52. The minimum Gasteiger partial charge on any atom is -0.512 e. The molecule has 9 heteroatoms. The SMILES string of the molecule is CCC1=C(C)C2=CC3=NC(=C(C)/C3=C(\C)O)C=C3NC(=C4CC5(OCCO5)C5=C(C)C(=CC1=N2)N=C45)[C@@H](CCC(=O)OC)[C@@H]3C. The monoisotopic (exact) mass is 608 g/mol. The molecule has 0 aromatic heterocycles. The lowest BCUT2D eigenvalue weighted by molar-refractivity contribution is -0.140. The van der Waals surface area contributed by atoms with Crippen molar-refractivity contribution in [1.82, 2.24) is 5.32 Å². The lowest BCUT2D eigenvalue weighted by atomic mass is 9.86. The van der Waals surface area contributed by atoms with Crippen LogP contribution < -0.4 is 5.32 Å². The number of rotatable bonds is 4. The highest BCUT2D eigenvalue weighted by molar-refractivity contribution is 6.22. The van der Waals surface area contributed by atoms with Gasteiger partial charge in [-0.05, 0) is 81.1 Å². The van der Waals surface area contributed by atoms with E-state index in [1.165, 1.54) is 7.11 Å². The van der Waals surface area contributed by atoms with Crippen LogP contribution in [-0.4, -0.2) is 54.3 Å². The topological polar surface area (TPSA) is 114 Å². The molecule has 234 valence electrons. The van der Waals surface area contributed by atoms with Crippen LogP contribution in [0.3, 0.4) is 0 Å². The van der Waals surface area contributed by atoms with E-state index in [0.717, 1.165) is 85.3 Å². The maximum absolute atomic E-state index is 12.3. The van der Waals surface area contributed by atoms with Crippen LogP contribution in [0.5, 0.6) is 0 Å². The third kappa shape index (κ3) is 4.50. The minimum absolute atomic E-state index is 0.00926. The quantitative estimate of drug-likeness (QED) is 0.283. The maximum atomic E-state index is 12.3. The van der Waals surface area contributed by atoms with Gasteiger partial charge >= 0.3 is 5.97 Å². The van der Waals surface area contributed by atoms with Gasteiger partial charge in [-0.2, -0.15) is 0 Å². The third-order valence-electron chi connectivity index (χ3n) is 10.2. The maximum Gasteiger partial charge on any atom is 0.305 e. The first kappa shape index (κ1) is 29.6. The number of fused-ring (bicyclic) bond motifs is 6. The Morgan fingerprint density at radius 3 is 2.44 bits per heavy atom. The second-order valence-electron chi connectivity index (χ2n) is 12.7. The Bertz CT molecular complexity index is 1790. The van der Waals surface area contributed by atoms with Gasteiger partial charge in [0.2, 0.25) is 5.79 Å². The minimum atomic E-state index is -0.888. The molecule has 0 amide bonds. The fraction of sp³-hybridized carbons (Fsp3) is 0.444. The molecular formula is C36H40N4O5. The molecule has 45 heavy (non-hydrogen) atoms. The van der Waals surface area contributed by atoms with E-state index in [2.05, 4.69) is 45.2 Å². The summed E-state index contributed by atoms with van der Waals surface area (Å²) < 4.78 is 17.8. The van der Waals surface area contributed by atoms with Crippen molar-refractivity contribution < 1.29 is 24.1 Å². The fourth-order valence-electron chi connectivity index (χ4n) is 7.82. The standard InChI is InChI=1S/C36H40N4O5/c1-8-22-17(2)25-15-30-32(21(6)41)19(4)27(38-30)13-26-18(3)23(9-10-31(42)43-7)34(39-26)24-16-36(44-11-12-45-36)33-20(5)28(40-35(24)33)14-29(22)37-25/h13-15,18,23,39,41H,8-12,16H2,1-7H3/b25-15?,26-13?,28-14?,32-21-,34-24?/t18-,23-/m0/s1. The zero-order valence-corrected chi connectivity index (χ0v) is 27.1. The van der Waals surface area contributed by atoms with Crippen LogP contribution >= 0.6 is 0 Å². The van der Waals surface area contributed by atoms with Gasteiger partial charge in [-0.15, -0.1) is 0 Å². The second kappa shape index (κ2) is 10.8. The number of carbonyl (C=O) groups excluding carboxylic acids is 1. The molecule has 1 spiro atoms. The van der Waals surface area contributed by atoms with Crippen LogP contribution in [0.15, 0.2) is 106 Å². The number of aliphatic hydroxyl groups excluding tert-OH is 1. The number of nitrogens with zero attached hydrogens (tertiary/aromatic N) is 3. The largest absolute Gasteiger partial charge is 0.512 e. The highest BCUT2D eigenvalue weighted by atomic mass is 16.7. The van der Waals surface area contributed by atoms with Crippen LogP contribution in [-0.2, 0) is 19.0 Å².